The number of carbonyl (C=O) groups is 2. The first-order valence-electron chi connectivity index (χ1n) is 6.73. The number of carboxylic acid groups (broad SMARTS) is 1. The van der Waals surface area contributed by atoms with Gasteiger partial charge in [-0.05, 0) is 32.4 Å². The average Bonchev–Trinajstić information content (AvgIpc) is 2.76. The largest absolute Gasteiger partial charge is 0.487 e. The quantitative estimate of drug-likeness (QED) is 0.890. The van der Waals surface area contributed by atoms with Crippen LogP contribution < -0.4 is 10.1 Å². The van der Waals surface area contributed by atoms with Gasteiger partial charge in [0.2, 0.25) is 0 Å². The zero-order valence-electron chi connectivity index (χ0n) is 12.3. The van der Waals surface area contributed by atoms with E-state index < -0.39 is 29.8 Å². The Labute approximate surface area is 123 Å². The molecule has 1 aromatic rings. The maximum Gasteiger partial charge on any atom is 0.408 e. The van der Waals surface area contributed by atoms with Gasteiger partial charge < -0.3 is 19.9 Å². The third-order valence-corrected chi connectivity index (χ3v) is 2.98. The van der Waals surface area contributed by atoms with Crippen molar-refractivity contribution in [1.29, 1.82) is 0 Å². The van der Waals surface area contributed by atoms with Crippen LogP contribution >= 0.6 is 0 Å². The minimum atomic E-state index is -1.16. The third-order valence-electron chi connectivity index (χ3n) is 2.98. The van der Waals surface area contributed by atoms with Crippen LogP contribution in [-0.4, -0.2) is 34.9 Å². The average molecular weight is 293 g/mol. The molecule has 1 aromatic carbocycles. The van der Waals surface area contributed by atoms with Crippen molar-refractivity contribution in [1.82, 2.24) is 5.32 Å². The first-order valence-corrected chi connectivity index (χ1v) is 6.73. The van der Waals surface area contributed by atoms with Gasteiger partial charge in [-0.2, -0.15) is 0 Å². The summed E-state index contributed by atoms with van der Waals surface area (Å²) in [6.07, 6.45) is -0.981. The van der Waals surface area contributed by atoms with Gasteiger partial charge in [-0.15, -0.1) is 0 Å². The van der Waals surface area contributed by atoms with Crippen LogP contribution in [0.4, 0.5) is 4.79 Å². The summed E-state index contributed by atoms with van der Waals surface area (Å²) in [6, 6.07) is 6.18. The number of hydrogen-bond acceptors (Lipinski definition) is 4. The summed E-state index contributed by atoms with van der Waals surface area (Å²) in [5.74, 6) is -0.501. The lowest BCUT2D eigenvalue weighted by atomic mass is 10.0. The van der Waals surface area contributed by atoms with Gasteiger partial charge in [0, 0.05) is 6.42 Å². The number of ether oxygens (including phenoxy) is 2. The van der Waals surface area contributed by atoms with Gasteiger partial charge in [0.05, 0.1) is 0 Å². The second-order valence-corrected chi connectivity index (χ2v) is 5.93. The minimum absolute atomic E-state index is 0.433. The van der Waals surface area contributed by atoms with Crippen LogP contribution in [0.1, 0.15) is 26.3 Å². The van der Waals surface area contributed by atoms with E-state index in [-0.39, 0.29) is 0 Å². The van der Waals surface area contributed by atoms with Crippen molar-refractivity contribution in [3.8, 4) is 5.75 Å². The van der Waals surface area contributed by atoms with Gasteiger partial charge in [-0.25, -0.2) is 9.59 Å². The molecule has 2 atom stereocenters. The minimum Gasteiger partial charge on any atom is -0.487 e. The van der Waals surface area contributed by atoms with Crippen molar-refractivity contribution in [3.05, 3.63) is 29.8 Å². The molecule has 0 bridgehead atoms. The lowest BCUT2D eigenvalue weighted by Crippen LogP contribution is -2.51. The van der Waals surface area contributed by atoms with Crippen molar-refractivity contribution in [2.75, 3.05) is 0 Å². The first-order chi connectivity index (χ1) is 9.76. The molecule has 1 aliphatic heterocycles. The van der Waals surface area contributed by atoms with Crippen molar-refractivity contribution in [2.24, 2.45) is 0 Å². The highest BCUT2D eigenvalue weighted by atomic mass is 16.6. The second-order valence-electron chi connectivity index (χ2n) is 5.93. The highest BCUT2D eigenvalue weighted by molar-refractivity contribution is 5.81. The van der Waals surface area contributed by atoms with E-state index in [1.54, 1.807) is 26.8 Å². The molecule has 6 heteroatoms. The zero-order chi connectivity index (χ0) is 15.6. The summed E-state index contributed by atoms with van der Waals surface area (Å²) < 4.78 is 10.7. The molecule has 1 aliphatic rings. The summed E-state index contributed by atoms with van der Waals surface area (Å²) in [5.41, 5.74) is 0.242. The summed E-state index contributed by atoms with van der Waals surface area (Å²) in [4.78, 5) is 23.1. The van der Waals surface area contributed by atoms with Gasteiger partial charge >= 0.3 is 12.1 Å². The first kappa shape index (κ1) is 15.2. The number of aliphatic carboxylic acids is 1. The van der Waals surface area contributed by atoms with E-state index in [1.807, 2.05) is 18.2 Å². The number of rotatable bonds is 3. The van der Waals surface area contributed by atoms with Gasteiger partial charge in [-0.1, -0.05) is 18.2 Å². The molecule has 0 saturated carbocycles. The Morgan fingerprint density at radius 1 is 1.38 bits per heavy atom. The number of hydrogen-bond donors (Lipinski definition) is 2. The Morgan fingerprint density at radius 3 is 2.62 bits per heavy atom. The molecule has 1 heterocycles. The molecule has 21 heavy (non-hydrogen) atoms. The monoisotopic (exact) mass is 293 g/mol. The molecule has 0 saturated heterocycles. The van der Waals surface area contributed by atoms with Crippen molar-refractivity contribution >= 4 is 12.1 Å². The van der Waals surface area contributed by atoms with E-state index in [1.165, 1.54) is 0 Å². The van der Waals surface area contributed by atoms with Crippen LogP contribution in [0.5, 0.6) is 5.75 Å². The number of amides is 1. The van der Waals surface area contributed by atoms with E-state index in [0.29, 0.717) is 12.2 Å². The van der Waals surface area contributed by atoms with Gasteiger partial charge in [0.1, 0.15) is 17.5 Å². The third kappa shape index (κ3) is 3.87. The predicted octanol–water partition coefficient (Wildman–Crippen LogP) is 1.97. The predicted molar refractivity (Wildman–Crippen MR) is 75.4 cm³/mol. The number of fused-ring (bicyclic) bond motifs is 1. The maximum absolute atomic E-state index is 11.8. The van der Waals surface area contributed by atoms with Gasteiger partial charge in [0.15, 0.2) is 6.04 Å². The molecule has 0 spiro atoms. The molecule has 0 radical (unpaired) electrons. The fourth-order valence-corrected chi connectivity index (χ4v) is 2.14. The standard InChI is InChI=1S/C15H19NO5/c1-15(2,3)21-14(19)16-12(13(17)18)11-8-9-6-4-5-7-10(9)20-11/h4-7,11-12H,8H2,1-3H3,(H,16,19)(H,17,18). The summed E-state index contributed by atoms with van der Waals surface area (Å²) in [5, 5.41) is 11.7. The number of para-hydroxylation sites is 1. The smallest absolute Gasteiger partial charge is 0.408 e. The number of carboxylic acids is 1. The van der Waals surface area contributed by atoms with E-state index in [2.05, 4.69) is 5.32 Å². The number of benzene rings is 1. The Morgan fingerprint density at radius 2 is 2.05 bits per heavy atom. The summed E-state index contributed by atoms with van der Waals surface area (Å²) >= 11 is 0. The molecular weight excluding hydrogens is 274 g/mol. The van der Waals surface area contributed by atoms with E-state index in [9.17, 15) is 14.7 Å². The second kappa shape index (κ2) is 5.63. The molecule has 2 rings (SSSR count). The molecule has 0 aliphatic carbocycles. The Balaban J connectivity index is 2.05. The van der Waals surface area contributed by atoms with Crippen molar-refractivity contribution < 1.29 is 24.2 Å². The van der Waals surface area contributed by atoms with Crippen molar-refractivity contribution in [2.45, 2.75) is 44.9 Å². The SMILES string of the molecule is CC(C)(C)OC(=O)NC(C(=O)O)C1Cc2ccccc2O1. The molecule has 114 valence electrons. The van der Waals surface area contributed by atoms with E-state index in [0.717, 1.165) is 5.56 Å². The maximum atomic E-state index is 11.8. The van der Waals surface area contributed by atoms with Crippen LogP contribution in [0.3, 0.4) is 0 Å². The highest BCUT2D eigenvalue weighted by Gasteiger charge is 2.37. The normalized spacial score (nSPS) is 18.3. The van der Waals surface area contributed by atoms with Crippen LogP contribution in [0.15, 0.2) is 24.3 Å². The highest BCUT2D eigenvalue weighted by Crippen LogP contribution is 2.29. The number of alkyl carbamates (subject to hydrolysis) is 1. The number of carbonyl (C=O) groups excluding carboxylic acids is 1. The Hall–Kier alpha value is -2.24. The van der Waals surface area contributed by atoms with Crippen LogP contribution in [0.25, 0.3) is 0 Å². The van der Waals surface area contributed by atoms with Crippen LogP contribution in [-0.2, 0) is 16.0 Å². The van der Waals surface area contributed by atoms with Gasteiger partial charge in [0.25, 0.3) is 0 Å². The fourth-order valence-electron chi connectivity index (χ4n) is 2.14. The van der Waals surface area contributed by atoms with Crippen molar-refractivity contribution in [3.63, 3.8) is 0 Å². The molecule has 0 fully saturated rings. The lowest BCUT2D eigenvalue weighted by Gasteiger charge is -2.24. The van der Waals surface area contributed by atoms with E-state index in [4.69, 9.17) is 9.47 Å². The molecular formula is C15H19NO5. The Kier molecular flexibility index (Phi) is 4.06. The number of nitrogens with one attached hydrogen (secondary N) is 1. The van der Waals surface area contributed by atoms with Crippen LogP contribution in [0.2, 0.25) is 0 Å². The molecule has 6 nitrogen and oxygen atoms in total. The topological polar surface area (TPSA) is 84.9 Å². The summed E-state index contributed by atoms with van der Waals surface area (Å²) in [7, 11) is 0. The summed E-state index contributed by atoms with van der Waals surface area (Å²) in [6.45, 7) is 5.14. The Bertz CT molecular complexity index is 524. The molecule has 2 N–H and O–H groups in total. The van der Waals surface area contributed by atoms with Crippen LogP contribution in [0, 0.1) is 0 Å². The molecule has 1 amide bonds. The van der Waals surface area contributed by atoms with E-state index >= 15 is 0 Å². The zero-order valence-corrected chi connectivity index (χ0v) is 12.3. The van der Waals surface area contributed by atoms with Gasteiger partial charge in [-0.3, -0.25) is 0 Å². The fraction of sp³-hybridized carbons (Fsp3) is 0.467. The lowest BCUT2D eigenvalue weighted by molar-refractivity contribution is -0.141. The molecule has 0 aromatic heterocycles. The molecule has 2 unspecified atom stereocenters.